The molecule has 0 aliphatic heterocycles. The van der Waals surface area contributed by atoms with Crippen molar-refractivity contribution in [2.75, 3.05) is 20.1 Å². The summed E-state index contributed by atoms with van der Waals surface area (Å²) in [5.74, 6) is 0. The van der Waals surface area contributed by atoms with E-state index in [-0.39, 0.29) is 0 Å². The summed E-state index contributed by atoms with van der Waals surface area (Å²) in [5.41, 5.74) is 1.30. The van der Waals surface area contributed by atoms with Crippen LogP contribution < -0.4 is 5.32 Å². The second kappa shape index (κ2) is 8.31. The predicted molar refractivity (Wildman–Crippen MR) is 85.9 cm³/mol. The van der Waals surface area contributed by atoms with Crippen molar-refractivity contribution >= 4 is 31.9 Å². The number of nitrogens with one attached hydrogen (secondary N) is 1. The molecular weight excluding hydrogens is 356 g/mol. The Morgan fingerprint density at radius 2 is 2.00 bits per heavy atom. The molecule has 0 saturated carbocycles. The summed E-state index contributed by atoms with van der Waals surface area (Å²) < 4.78 is 2.21. The molecule has 0 fully saturated rings. The van der Waals surface area contributed by atoms with Crippen LogP contribution in [0.2, 0.25) is 0 Å². The third-order valence-corrected chi connectivity index (χ3v) is 5.18. The Kier molecular flexibility index (Phi) is 7.46. The lowest BCUT2D eigenvalue weighted by molar-refractivity contribution is 0.251. The van der Waals surface area contributed by atoms with Gasteiger partial charge in [-0.15, -0.1) is 0 Å². The average molecular weight is 378 g/mol. The number of likely N-dealkylation sites (N-methyl/N-ethyl adjacent to an activating group) is 1. The SMILES string of the molecule is CCC(C)N(C)CCNCc1ccc(Br)c(Br)c1. The molecule has 1 aromatic rings. The van der Waals surface area contributed by atoms with Gasteiger partial charge in [0, 0.05) is 34.6 Å². The molecule has 102 valence electrons. The highest BCUT2D eigenvalue weighted by Crippen LogP contribution is 2.23. The molecule has 0 saturated heterocycles. The van der Waals surface area contributed by atoms with Crippen molar-refractivity contribution in [1.29, 1.82) is 0 Å². The van der Waals surface area contributed by atoms with Gasteiger partial charge in [0.25, 0.3) is 0 Å². The fourth-order valence-electron chi connectivity index (χ4n) is 1.67. The Balaban J connectivity index is 2.27. The normalized spacial score (nSPS) is 13.0. The van der Waals surface area contributed by atoms with Crippen molar-refractivity contribution in [3.8, 4) is 0 Å². The molecule has 18 heavy (non-hydrogen) atoms. The number of rotatable bonds is 7. The van der Waals surface area contributed by atoms with Gasteiger partial charge >= 0.3 is 0 Å². The highest BCUT2D eigenvalue weighted by Gasteiger charge is 2.05. The van der Waals surface area contributed by atoms with Crippen LogP contribution in [-0.4, -0.2) is 31.1 Å². The van der Waals surface area contributed by atoms with Crippen LogP contribution >= 0.6 is 31.9 Å². The number of hydrogen-bond donors (Lipinski definition) is 1. The molecule has 1 unspecified atom stereocenters. The zero-order valence-corrected chi connectivity index (χ0v) is 14.5. The molecule has 0 aliphatic carbocycles. The van der Waals surface area contributed by atoms with Crippen molar-refractivity contribution in [3.63, 3.8) is 0 Å². The molecule has 1 rings (SSSR count). The summed E-state index contributed by atoms with van der Waals surface area (Å²) in [5, 5.41) is 3.48. The maximum atomic E-state index is 3.52. The Hall–Kier alpha value is 0.1000. The van der Waals surface area contributed by atoms with Gasteiger partial charge in [-0.1, -0.05) is 13.0 Å². The summed E-state index contributed by atoms with van der Waals surface area (Å²) in [6, 6.07) is 7.02. The maximum Gasteiger partial charge on any atom is 0.0320 e. The van der Waals surface area contributed by atoms with Crippen molar-refractivity contribution in [1.82, 2.24) is 10.2 Å². The van der Waals surface area contributed by atoms with E-state index in [0.29, 0.717) is 6.04 Å². The Morgan fingerprint density at radius 3 is 2.61 bits per heavy atom. The van der Waals surface area contributed by atoms with Gasteiger partial charge in [-0.3, -0.25) is 0 Å². The molecule has 0 radical (unpaired) electrons. The Bertz CT molecular complexity index is 369. The zero-order chi connectivity index (χ0) is 13.5. The minimum atomic E-state index is 0.661. The van der Waals surface area contributed by atoms with Gasteiger partial charge in [0.1, 0.15) is 0 Å². The van der Waals surface area contributed by atoms with E-state index in [4.69, 9.17) is 0 Å². The molecule has 0 aliphatic rings. The summed E-state index contributed by atoms with van der Waals surface area (Å²) in [7, 11) is 2.19. The molecular formula is C14H22Br2N2. The molecule has 2 nitrogen and oxygen atoms in total. The lowest BCUT2D eigenvalue weighted by Gasteiger charge is -2.23. The summed E-state index contributed by atoms with van der Waals surface area (Å²) in [4.78, 5) is 2.39. The molecule has 0 spiro atoms. The minimum absolute atomic E-state index is 0.661. The zero-order valence-electron chi connectivity index (χ0n) is 11.3. The fourth-order valence-corrected chi connectivity index (χ4v) is 2.34. The molecule has 0 aromatic heterocycles. The Morgan fingerprint density at radius 1 is 1.28 bits per heavy atom. The smallest absolute Gasteiger partial charge is 0.0320 e. The van der Waals surface area contributed by atoms with Crippen LogP contribution in [0, 0.1) is 0 Å². The molecule has 0 bridgehead atoms. The number of benzene rings is 1. The highest BCUT2D eigenvalue weighted by molar-refractivity contribution is 9.13. The first kappa shape index (κ1) is 16.2. The standard InChI is InChI=1S/C14H22Br2N2/c1-4-11(2)18(3)8-7-17-10-12-5-6-13(15)14(16)9-12/h5-6,9,11,17H,4,7-8,10H2,1-3H3. The van der Waals surface area contributed by atoms with Crippen LogP contribution in [0.25, 0.3) is 0 Å². The monoisotopic (exact) mass is 376 g/mol. The maximum absolute atomic E-state index is 3.52. The highest BCUT2D eigenvalue weighted by atomic mass is 79.9. The van der Waals surface area contributed by atoms with Crippen LogP contribution in [0.4, 0.5) is 0 Å². The van der Waals surface area contributed by atoms with E-state index in [1.807, 2.05) is 0 Å². The number of halogens is 2. The topological polar surface area (TPSA) is 15.3 Å². The third kappa shape index (κ3) is 5.39. The lowest BCUT2D eigenvalue weighted by atomic mass is 10.2. The van der Waals surface area contributed by atoms with E-state index in [1.54, 1.807) is 0 Å². The Labute approximate surface area is 127 Å². The van der Waals surface area contributed by atoms with Crippen LogP contribution in [0.1, 0.15) is 25.8 Å². The average Bonchev–Trinajstić information content (AvgIpc) is 2.37. The van der Waals surface area contributed by atoms with Crippen molar-refractivity contribution in [2.45, 2.75) is 32.9 Å². The van der Waals surface area contributed by atoms with Gasteiger partial charge in [0.05, 0.1) is 0 Å². The van der Waals surface area contributed by atoms with Crippen LogP contribution in [-0.2, 0) is 6.54 Å². The van der Waals surface area contributed by atoms with Crippen molar-refractivity contribution in [3.05, 3.63) is 32.7 Å². The van der Waals surface area contributed by atoms with Gasteiger partial charge in [0.15, 0.2) is 0 Å². The fraction of sp³-hybridized carbons (Fsp3) is 0.571. The second-order valence-electron chi connectivity index (χ2n) is 4.66. The van der Waals surface area contributed by atoms with E-state index in [1.165, 1.54) is 12.0 Å². The minimum Gasteiger partial charge on any atom is -0.311 e. The predicted octanol–water partition coefficient (Wildman–Crippen LogP) is 4.03. The second-order valence-corrected chi connectivity index (χ2v) is 6.37. The van der Waals surface area contributed by atoms with Gasteiger partial charge < -0.3 is 10.2 Å². The van der Waals surface area contributed by atoms with E-state index in [9.17, 15) is 0 Å². The molecule has 1 atom stereocenters. The van der Waals surface area contributed by atoms with Crippen LogP contribution in [0.5, 0.6) is 0 Å². The largest absolute Gasteiger partial charge is 0.311 e. The molecule has 0 heterocycles. The molecule has 1 aromatic carbocycles. The first-order chi connectivity index (χ1) is 8.54. The third-order valence-electron chi connectivity index (χ3n) is 3.30. The molecule has 0 amide bonds. The van der Waals surface area contributed by atoms with Crippen molar-refractivity contribution < 1.29 is 0 Å². The lowest BCUT2D eigenvalue weighted by Crippen LogP contribution is -2.34. The number of hydrogen-bond acceptors (Lipinski definition) is 2. The quantitative estimate of drug-likeness (QED) is 0.721. The molecule has 1 N–H and O–H groups in total. The van der Waals surface area contributed by atoms with Crippen LogP contribution in [0.15, 0.2) is 27.1 Å². The first-order valence-corrected chi connectivity index (χ1v) is 7.98. The van der Waals surface area contributed by atoms with E-state index in [0.717, 1.165) is 28.6 Å². The summed E-state index contributed by atoms with van der Waals surface area (Å²) in [6.07, 6.45) is 1.20. The van der Waals surface area contributed by atoms with Gasteiger partial charge in [-0.2, -0.15) is 0 Å². The van der Waals surface area contributed by atoms with E-state index < -0.39 is 0 Å². The van der Waals surface area contributed by atoms with Gasteiger partial charge in [0.2, 0.25) is 0 Å². The van der Waals surface area contributed by atoms with Crippen molar-refractivity contribution in [2.24, 2.45) is 0 Å². The van der Waals surface area contributed by atoms with E-state index >= 15 is 0 Å². The summed E-state index contributed by atoms with van der Waals surface area (Å²) >= 11 is 7.00. The van der Waals surface area contributed by atoms with Gasteiger partial charge in [-0.05, 0) is 69.9 Å². The number of nitrogens with zero attached hydrogens (tertiary/aromatic N) is 1. The van der Waals surface area contributed by atoms with E-state index in [2.05, 4.69) is 81.2 Å². The van der Waals surface area contributed by atoms with Gasteiger partial charge in [-0.25, -0.2) is 0 Å². The molecule has 4 heteroatoms. The van der Waals surface area contributed by atoms with Crippen LogP contribution in [0.3, 0.4) is 0 Å². The summed E-state index contributed by atoms with van der Waals surface area (Å²) in [6.45, 7) is 7.53. The first-order valence-electron chi connectivity index (χ1n) is 6.39.